The van der Waals surface area contributed by atoms with E-state index >= 15 is 0 Å². The maximum Gasteiger partial charge on any atom is 0.279 e. The summed E-state index contributed by atoms with van der Waals surface area (Å²) in [5, 5.41) is 10.8. The molecule has 1 aromatic rings. The van der Waals surface area contributed by atoms with Gasteiger partial charge in [-0.2, -0.15) is 17.4 Å². The molecule has 9 heteroatoms. The van der Waals surface area contributed by atoms with Crippen molar-refractivity contribution in [3.63, 3.8) is 0 Å². The molecule has 0 fully saturated rings. The fourth-order valence-electron chi connectivity index (χ4n) is 1.67. The predicted octanol–water partition coefficient (Wildman–Crippen LogP) is -0.436. The van der Waals surface area contributed by atoms with Crippen LogP contribution in [0.2, 0.25) is 0 Å². The van der Waals surface area contributed by atoms with Gasteiger partial charge in [0.05, 0.1) is 6.54 Å². The molecule has 0 radical (unpaired) electrons. The van der Waals surface area contributed by atoms with Crippen LogP contribution in [0.3, 0.4) is 0 Å². The maximum absolute atomic E-state index is 12.0. The Hall–Kier alpha value is -1.03. The Morgan fingerprint density at radius 3 is 2.80 bits per heavy atom. The normalized spacial score (nSPS) is 12.2. The van der Waals surface area contributed by atoms with Gasteiger partial charge in [0, 0.05) is 20.1 Å². The van der Waals surface area contributed by atoms with Crippen LogP contribution in [0.15, 0.2) is 6.33 Å². The summed E-state index contributed by atoms with van der Waals surface area (Å²) >= 11 is 0. The topological polar surface area (TPSA) is 92.2 Å². The van der Waals surface area contributed by atoms with Gasteiger partial charge in [-0.15, -0.1) is 10.2 Å². The lowest BCUT2D eigenvalue weighted by Gasteiger charge is -2.17. The second-order valence-electron chi connectivity index (χ2n) is 4.39. The van der Waals surface area contributed by atoms with Crippen molar-refractivity contribution >= 4 is 10.2 Å². The molecule has 0 spiro atoms. The highest BCUT2D eigenvalue weighted by Crippen LogP contribution is 1.99. The highest BCUT2D eigenvalue weighted by molar-refractivity contribution is 7.87. The predicted molar refractivity (Wildman–Crippen MR) is 77.2 cm³/mol. The zero-order valence-corrected chi connectivity index (χ0v) is 13.2. The SMILES string of the molecule is CCNCCCN(C)S(=O)(=O)NCc1nncn1CC. The van der Waals surface area contributed by atoms with E-state index in [1.807, 2.05) is 13.8 Å². The third-order valence-corrected chi connectivity index (χ3v) is 4.45. The average Bonchev–Trinajstić information content (AvgIpc) is 2.88. The molecule has 0 aliphatic heterocycles. The highest BCUT2D eigenvalue weighted by atomic mass is 32.2. The molecule has 2 N–H and O–H groups in total. The first-order chi connectivity index (χ1) is 9.51. The van der Waals surface area contributed by atoms with Crippen molar-refractivity contribution in [1.82, 2.24) is 29.1 Å². The molecule has 0 bridgehead atoms. The van der Waals surface area contributed by atoms with E-state index in [1.165, 1.54) is 4.31 Å². The van der Waals surface area contributed by atoms with Gasteiger partial charge in [-0.3, -0.25) is 0 Å². The Morgan fingerprint density at radius 2 is 2.15 bits per heavy atom. The molecule has 1 aromatic heterocycles. The molecular weight excluding hydrogens is 280 g/mol. The fraction of sp³-hybridized carbons (Fsp3) is 0.818. The van der Waals surface area contributed by atoms with Crippen molar-refractivity contribution in [3.05, 3.63) is 12.2 Å². The smallest absolute Gasteiger partial charge is 0.279 e. The monoisotopic (exact) mass is 304 g/mol. The molecule has 0 saturated heterocycles. The number of rotatable bonds is 10. The van der Waals surface area contributed by atoms with E-state index in [-0.39, 0.29) is 6.54 Å². The minimum absolute atomic E-state index is 0.147. The minimum Gasteiger partial charge on any atom is -0.317 e. The van der Waals surface area contributed by atoms with Crippen LogP contribution in [-0.2, 0) is 23.3 Å². The van der Waals surface area contributed by atoms with Crippen LogP contribution >= 0.6 is 0 Å². The van der Waals surface area contributed by atoms with Gasteiger partial charge < -0.3 is 9.88 Å². The van der Waals surface area contributed by atoms with Gasteiger partial charge in [0.15, 0.2) is 0 Å². The third-order valence-electron chi connectivity index (χ3n) is 2.94. The summed E-state index contributed by atoms with van der Waals surface area (Å²) in [4.78, 5) is 0. The number of hydrogen-bond acceptors (Lipinski definition) is 5. The van der Waals surface area contributed by atoms with Crippen molar-refractivity contribution in [3.8, 4) is 0 Å². The molecule has 1 heterocycles. The largest absolute Gasteiger partial charge is 0.317 e. The Bertz CT molecular complexity index is 487. The van der Waals surface area contributed by atoms with Crippen LogP contribution in [0.5, 0.6) is 0 Å². The summed E-state index contributed by atoms with van der Waals surface area (Å²) in [7, 11) is -1.91. The second kappa shape index (κ2) is 8.30. The maximum atomic E-state index is 12.0. The molecule has 1 rings (SSSR count). The molecule has 8 nitrogen and oxygen atoms in total. The molecule has 20 heavy (non-hydrogen) atoms. The first kappa shape index (κ1) is 17.0. The summed E-state index contributed by atoms with van der Waals surface area (Å²) in [6.45, 7) is 7.00. The van der Waals surface area contributed by atoms with Crippen LogP contribution in [0, 0.1) is 0 Å². The third kappa shape index (κ3) is 5.16. The van der Waals surface area contributed by atoms with Crippen LogP contribution in [0.4, 0.5) is 0 Å². The van der Waals surface area contributed by atoms with Crippen molar-refractivity contribution in [2.45, 2.75) is 33.4 Å². The Balaban J connectivity index is 2.44. The van der Waals surface area contributed by atoms with Crippen molar-refractivity contribution < 1.29 is 8.42 Å². The van der Waals surface area contributed by atoms with E-state index in [1.54, 1.807) is 17.9 Å². The van der Waals surface area contributed by atoms with Gasteiger partial charge in [-0.05, 0) is 26.4 Å². The Kier molecular flexibility index (Phi) is 7.06. The highest BCUT2D eigenvalue weighted by Gasteiger charge is 2.17. The zero-order chi connectivity index (χ0) is 15.0. The van der Waals surface area contributed by atoms with E-state index in [2.05, 4.69) is 20.2 Å². The summed E-state index contributed by atoms with van der Waals surface area (Å²) in [6, 6.07) is 0. The number of aromatic nitrogens is 3. The Labute approximate surface area is 120 Å². The van der Waals surface area contributed by atoms with Crippen molar-refractivity contribution in [2.75, 3.05) is 26.7 Å². The molecule has 0 aromatic carbocycles. The molecule has 0 amide bonds. The van der Waals surface area contributed by atoms with Crippen molar-refractivity contribution in [1.29, 1.82) is 0 Å². The molecule has 0 unspecified atom stereocenters. The lowest BCUT2D eigenvalue weighted by molar-refractivity contribution is 0.444. The standard InChI is InChI=1S/C11H24N6O2S/c1-4-12-7-6-8-16(3)20(18,19)14-9-11-15-13-10-17(11)5-2/h10,12,14H,4-9H2,1-3H3. The van der Waals surface area contributed by atoms with Gasteiger partial charge >= 0.3 is 0 Å². The second-order valence-corrected chi connectivity index (χ2v) is 6.25. The fourth-order valence-corrected chi connectivity index (χ4v) is 2.57. The molecule has 0 aliphatic rings. The van der Waals surface area contributed by atoms with Crippen LogP contribution in [0.1, 0.15) is 26.1 Å². The van der Waals surface area contributed by atoms with E-state index in [0.717, 1.165) is 19.5 Å². The van der Waals surface area contributed by atoms with E-state index < -0.39 is 10.2 Å². The Morgan fingerprint density at radius 1 is 1.40 bits per heavy atom. The number of hydrogen-bond donors (Lipinski definition) is 2. The van der Waals surface area contributed by atoms with E-state index in [0.29, 0.717) is 18.9 Å². The average molecular weight is 304 g/mol. The number of nitrogens with one attached hydrogen (secondary N) is 2. The van der Waals surface area contributed by atoms with Gasteiger partial charge in [-0.25, -0.2) is 0 Å². The molecule has 0 aliphatic carbocycles. The van der Waals surface area contributed by atoms with E-state index in [4.69, 9.17) is 0 Å². The molecule has 116 valence electrons. The molecule has 0 saturated carbocycles. The lowest BCUT2D eigenvalue weighted by atomic mass is 10.4. The molecule has 0 atom stereocenters. The van der Waals surface area contributed by atoms with Crippen LogP contribution < -0.4 is 10.0 Å². The first-order valence-electron chi connectivity index (χ1n) is 6.79. The minimum atomic E-state index is -3.47. The number of aryl methyl sites for hydroxylation is 1. The van der Waals surface area contributed by atoms with Crippen LogP contribution in [0.25, 0.3) is 0 Å². The summed E-state index contributed by atoms with van der Waals surface area (Å²) in [5.74, 6) is 0.608. The van der Waals surface area contributed by atoms with Gasteiger partial charge in [0.25, 0.3) is 10.2 Å². The van der Waals surface area contributed by atoms with Gasteiger partial charge in [-0.1, -0.05) is 6.92 Å². The summed E-state index contributed by atoms with van der Waals surface area (Å²) in [5.41, 5.74) is 0. The zero-order valence-electron chi connectivity index (χ0n) is 12.3. The van der Waals surface area contributed by atoms with Crippen LogP contribution in [-0.4, -0.2) is 54.2 Å². The number of nitrogens with zero attached hydrogens (tertiary/aromatic N) is 4. The van der Waals surface area contributed by atoms with E-state index in [9.17, 15) is 8.42 Å². The lowest BCUT2D eigenvalue weighted by Crippen LogP contribution is -2.39. The quantitative estimate of drug-likeness (QED) is 0.572. The van der Waals surface area contributed by atoms with Gasteiger partial charge in [0.2, 0.25) is 0 Å². The summed E-state index contributed by atoms with van der Waals surface area (Å²) in [6.07, 6.45) is 2.36. The van der Waals surface area contributed by atoms with Gasteiger partial charge in [0.1, 0.15) is 12.2 Å². The summed E-state index contributed by atoms with van der Waals surface area (Å²) < 4.78 is 29.7. The van der Waals surface area contributed by atoms with Crippen molar-refractivity contribution in [2.24, 2.45) is 0 Å². The first-order valence-corrected chi connectivity index (χ1v) is 8.23. The molecular formula is C11H24N6O2S.